The molecule has 1 heteroatoms. The van der Waals surface area contributed by atoms with Gasteiger partial charge < -0.3 is 0 Å². The number of thioether (sulfide) groups is 1. The van der Waals surface area contributed by atoms with Crippen LogP contribution in [0.4, 0.5) is 0 Å². The Balaban J connectivity index is 2.15. The Morgan fingerprint density at radius 3 is 1.83 bits per heavy atom. The Morgan fingerprint density at radius 1 is 0.778 bits per heavy atom. The zero-order valence-corrected chi connectivity index (χ0v) is 12.0. The SMILES string of the molecule is CCCc1ccc(-c2ccc(SCC)cc2)cc1. The summed E-state index contributed by atoms with van der Waals surface area (Å²) >= 11 is 1.89. The third-order valence-corrected chi connectivity index (χ3v) is 3.89. The van der Waals surface area contributed by atoms with E-state index in [9.17, 15) is 0 Å². The van der Waals surface area contributed by atoms with Crippen LogP contribution in [-0.2, 0) is 6.42 Å². The minimum absolute atomic E-state index is 1.13. The molecule has 94 valence electrons. The molecule has 0 unspecified atom stereocenters. The first-order valence-corrected chi connectivity index (χ1v) is 7.64. The fourth-order valence-corrected chi connectivity index (χ4v) is 2.72. The Kier molecular flexibility index (Phi) is 4.89. The molecule has 0 spiro atoms. The predicted octanol–water partition coefficient (Wildman–Crippen LogP) is 5.42. The molecule has 2 aromatic rings. The monoisotopic (exact) mass is 256 g/mol. The average Bonchev–Trinajstić information content (AvgIpc) is 2.41. The Labute approximate surface area is 114 Å². The van der Waals surface area contributed by atoms with Crippen molar-refractivity contribution in [1.29, 1.82) is 0 Å². The molecule has 0 aliphatic rings. The summed E-state index contributed by atoms with van der Waals surface area (Å²) in [5, 5.41) is 0. The summed E-state index contributed by atoms with van der Waals surface area (Å²) in [6, 6.07) is 17.8. The van der Waals surface area contributed by atoms with Crippen LogP contribution in [0.3, 0.4) is 0 Å². The molecule has 0 aliphatic heterocycles. The van der Waals surface area contributed by atoms with Crippen LogP contribution < -0.4 is 0 Å². The second kappa shape index (κ2) is 6.65. The summed E-state index contributed by atoms with van der Waals surface area (Å²) in [6.07, 6.45) is 2.38. The molecule has 0 saturated heterocycles. The van der Waals surface area contributed by atoms with E-state index in [0.717, 1.165) is 5.75 Å². The average molecular weight is 256 g/mol. The minimum atomic E-state index is 1.13. The highest BCUT2D eigenvalue weighted by molar-refractivity contribution is 7.99. The van der Waals surface area contributed by atoms with Crippen LogP contribution in [0, 0.1) is 0 Å². The van der Waals surface area contributed by atoms with Crippen LogP contribution in [0.15, 0.2) is 53.4 Å². The molecule has 0 heterocycles. The van der Waals surface area contributed by atoms with E-state index < -0.39 is 0 Å². The van der Waals surface area contributed by atoms with Crippen molar-refractivity contribution in [1.82, 2.24) is 0 Å². The molecule has 2 rings (SSSR count). The van der Waals surface area contributed by atoms with Gasteiger partial charge in [0.2, 0.25) is 0 Å². The molecule has 2 aromatic carbocycles. The van der Waals surface area contributed by atoms with Crippen molar-refractivity contribution >= 4 is 11.8 Å². The first-order chi connectivity index (χ1) is 8.83. The lowest BCUT2D eigenvalue weighted by Gasteiger charge is -2.05. The van der Waals surface area contributed by atoms with Gasteiger partial charge in [-0.2, -0.15) is 0 Å². The molecule has 0 radical (unpaired) electrons. The highest BCUT2D eigenvalue weighted by Gasteiger charge is 1.99. The molecule has 18 heavy (non-hydrogen) atoms. The van der Waals surface area contributed by atoms with Gasteiger partial charge in [0, 0.05) is 4.90 Å². The van der Waals surface area contributed by atoms with Crippen LogP contribution in [0.1, 0.15) is 25.8 Å². The molecular weight excluding hydrogens is 236 g/mol. The topological polar surface area (TPSA) is 0 Å². The van der Waals surface area contributed by atoms with Crippen molar-refractivity contribution in [2.24, 2.45) is 0 Å². The van der Waals surface area contributed by atoms with Crippen LogP contribution >= 0.6 is 11.8 Å². The number of benzene rings is 2. The summed E-state index contributed by atoms with van der Waals surface area (Å²) in [5.41, 5.74) is 4.04. The lowest BCUT2D eigenvalue weighted by molar-refractivity contribution is 0.922. The Bertz CT molecular complexity index is 420. The summed E-state index contributed by atoms with van der Waals surface area (Å²) in [7, 11) is 0. The van der Waals surface area contributed by atoms with Gasteiger partial charge >= 0.3 is 0 Å². The normalized spacial score (nSPS) is 10.6. The third kappa shape index (κ3) is 3.39. The number of rotatable bonds is 5. The summed E-state index contributed by atoms with van der Waals surface area (Å²) in [4.78, 5) is 1.35. The van der Waals surface area contributed by atoms with Gasteiger partial charge in [0.1, 0.15) is 0 Å². The van der Waals surface area contributed by atoms with Crippen molar-refractivity contribution in [3.05, 3.63) is 54.1 Å². The zero-order chi connectivity index (χ0) is 12.8. The molecule has 0 aliphatic carbocycles. The van der Waals surface area contributed by atoms with Crippen molar-refractivity contribution in [2.45, 2.75) is 31.6 Å². The molecule has 0 N–H and O–H groups in total. The molecular formula is C17H20S. The molecule has 0 atom stereocenters. The number of hydrogen-bond donors (Lipinski definition) is 0. The van der Waals surface area contributed by atoms with Gasteiger partial charge in [0.25, 0.3) is 0 Å². The number of aryl methyl sites for hydroxylation is 1. The van der Waals surface area contributed by atoms with Crippen molar-refractivity contribution < 1.29 is 0 Å². The fraction of sp³-hybridized carbons (Fsp3) is 0.294. The second-order valence-corrected chi connectivity index (χ2v) is 5.74. The Hall–Kier alpha value is -1.21. The van der Waals surface area contributed by atoms with E-state index in [0.29, 0.717) is 0 Å². The zero-order valence-electron chi connectivity index (χ0n) is 11.1. The fourth-order valence-electron chi connectivity index (χ4n) is 2.06. The van der Waals surface area contributed by atoms with Gasteiger partial charge in [0.15, 0.2) is 0 Å². The van der Waals surface area contributed by atoms with Gasteiger partial charge in [-0.3, -0.25) is 0 Å². The molecule has 0 saturated carbocycles. The molecule has 0 nitrogen and oxygen atoms in total. The lowest BCUT2D eigenvalue weighted by Crippen LogP contribution is -1.83. The molecule has 0 aromatic heterocycles. The third-order valence-electron chi connectivity index (χ3n) is 2.99. The van der Waals surface area contributed by atoms with E-state index in [1.54, 1.807) is 0 Å². The minimum Gasteiger partial charge on any atom is -0.126 e. The summed E-state index contributed by atoms with van der Waals surface area (Å²) < 4.78 is 0. The highest BCUT2D eigenvalue weighted by atomic mass is 32.2. The predicted molar refractivity (Wildman–Crippen MR) is 82.3 cm³/mol. The lowest BCUT2D eigenvalue weighted by atomic mass is 10.0. The highest BCUT2D eigenvalue weighted by Crippen LogP contribution is 2.24. The smallest absolute Gasteiger partial charge is 0.00722 e. The van der Waals surface area contributed by atoms with E-state index in [4.69, 9.17) is 0 Å². The van der Waals surface area contributed by atoms with Gasteiger partial charge in [0.05, 0.1) is 0 Å². The van der Waals surface area contributed by atoms with Gasteiger partial charge in [-0.05, 0) is 41.0 Å². The van der Waals surface area contributed by atoms with Gasteiger partial charge in [-0.1, -0.05) is 56.7 Å². The van der Waals surface area contributed by atoms with E-state index in [-0.39, 0.29) is 0 Å². The van der Waals surface area contributed by atoms with E-state index in [1.165, 1.54) is 34.4 Å². The van der Waals surface area contributed by atoms with Crippen molar-refractivity contribution in [3.8, 4) is 11.1 Å². The standard InChI is InChI=1S/C17H20S/c1-3-5-14-6-8-15(9-7-14)16-10-12-17(13-11-16)18-4-2/h6-13H,3-5H2,1-2H3. The van der Waals surface area contributed by atoms with E-state index >= 15 is 0 Å². The second-order valence-electron chi connectivity index (χ2n) is 4.40. The molecule has 0 fully saturated rings. The summed E-state index contributed by atoms with van der Waals surface area (Å²) in [5.74, 6) is 1.13. The maximum absolute atomic E-state index is 2.24. The van der Waals surface area contributed by atoms with Crippen molar-refractivity contribution in [3.63, 3.8) is 0 Å². The largest absolute Gasteiger partial charge is 0.126 e. The number of hydrogen-bond acceptors (Lipinski definition) is 1. The summed E-state index contributed by atoms with van der Waals surface area (Å²) in [6.45, 7) is 4.41. The van der Waals surface area contributed by atoms with Crippen LogP contribution in [0.2, 0.25) is 0 Å². The maximum atomic E-state index is 2.24. The van der Waals surface area contributed by atoms with Crippen molar-refractivity contribution in [2.75, 3.05) is 5.75 Å². The van der Waals surface area contributed by atoms with Gasteiger partial charge in [-0.25, -0.2) is 0 Å². The van der Waals surface area contributed by atoms with Crippen LogP contribution in [0.25, 0.3) is 11.1 Å². The Morgan fingerprint density at radius 2 is 1.33 bits per heavy atom. The first-order valence-electron chi connectivity index (χ1n) is 6.65. The molecule has 0 bridgehead atoms. The maximum Gasteiger partial charge on any atom is 0.00722 e. The van der Waals surface area contributed by atoms with E-state index in [2.05, 4.69) is 62.4 Å². The first kappa shape index (κ1) is 13.2. The van der Waals surface area contributed by atoms with E-state index in [1.807, 2.05) is 11.8 Å². The van der Waals surface area contributed by atoms with Crippen LogP contribution in [-0.4, -0.2) is 5.75 Å². The van der Waals surface area contributed by atoms with Crippen LogP contribution in [0.5, 0.6) is 0 Å². The molecule has 0 amide bonds. The van der Waals surface area contributed by atoms with Gasteiger partial charge in [-0.15, -0.1) is 11.8 Å². The quantitative estimate of drug-likeness (QED) is 0.644.